The van der Waals surface area contributed by atoms with E-state index < -0.39 is 0 Å². The Balaban J connectivity index is 2.38. The Morgan fingerprint density at radius 3 is 2.39 bits per heavy atom. The lowest BCUT2D eigenvalue weighted by molar-refractivity contribution is 0.317. The Bertz CT molecular complexity index is 307. The van der Waals surface area contributed by atoms with E-state index >= 15 is 0 Å². The van der Waals surface area contributed by atoms with Crippen molar-refractivity contribution < 1.29 is 4.74 Å². The molecular weight excluding hydrogens is 222 g/mol. The van der Waals surface area contributed by atoms with E-state index in [0.29, 0.717) is 6.04 Å². The average Bonchev–Trinajstić information content (AvgIpc) is 2.42. The van der Waals surface area contributed by atoms with Gasteiger partial charge in [0.05, 0.1) is 6.61 Å². The van der Waals surface area contributed by atoms with Gasteiger partial charge in [-0.2, -0.15) is 0 Å². The molecule has 1 atom stereocenters. The first-order valence-electron chi connectivity index (χ1n) is 7.25. The number of benzene rings is 1. The summed E-state index contributed by atoms with van der Waals surface area (Å²) in [5.74, 6) is 0.985. The smallest absolute Gasteiger partial charge is 0.119 e. The van der Waals surface area contributed by atoms with Gasteiger partial charge >= 0.3 is 0 Å². The molecule has 0 aromatic heterocycles. The van der Waals surface area contributed by atoms with Crippen LogP contribution in [0, 0.1) is 0 Å². The number of hydrogen-bond acceptors (Lipinski definition) is 2. The zero-order chi connectivity index (χ0) is 13.2. The molecule has 102 valence electrons. The summed E-state index contributed by atoms with van der Waals surface area (Å²) >= 11 is 0. The second-order valence-corrected chi connectivity index (χ2v) is 4.69. The molecule has 1 rings (SSSR count). The van der Waals surface area contributed by atoms with Gasteiger partial charge in [-0.25, -0.2) is 0 Å². The van der Waals surface area contributed by atoms with Gasteiger partial charge in [-0.3, -0.25) is 0 Å². The summed E-state index contributed by atoms with van der Waals surface area (Å²) in [6, 6.07) is 9.18. The quantitative estimate of drug-likeness (QED) is 0.719. The number of rotatable bonds is 9. The lowest BCUT2D eigenvalue weighted by Crippen LogP contribution is -2.28. The monoisotopic (exact) mass is 249 g/mol. The van der Waals surface area contributed by atoms with E-state index in [4.69, 9.17) is 4.74 Å². The molecule has 1 N–H and O–H groups in total. The van der Waals surface area contributed by atoms with Crippen molar-refractivity contribution in [3.8, 4) is 5.75 Å². The van der Waals surface area contributed by atoms with Gasteiger partial charge in [0.15, 0.2) is 0 Å². The van der Waals surface area contributed by atoms with Crippen LogP contribution in [0.25, 0.3) is 0 Å². The molecule has 0 aliphatic carbocycles. The van der Waals surface area contributed by atoms with Gasteiger partial charge < -0.3 is 10.1 Å². The van der Waals surface area contributed by atoms with E-state index in [0.717, 1.165) is 31.7 Å². The normalized spacial score (nSPS) is 12.4. The predicted molar refractivity (Wildman–Crippen MR) is 78.3 cm³/mol. The minimum absolute atomic E-state index is 0.644. The van der Waals surface area contributed by atoms with Crippen molar-refractivity contribution in [2.24, 2.45) is 0 Å². The van der Waals surface area contributed by atoms with Gasteiger partial charge in [0, 0.05) is 6.04 Å². The zero-order valence-corrected chi connectivity index (χ0v) is 12.0. The zero-order valence-electron chi connectivity index (χ0n) is 12.0. The van der Waals surface area contributed by atoms with Crippen LogP contribution in [0.1, 0.15) is 45.6 Å². The molecule has 1 aromatic rings. The van der Waals surface area contributed by atoms with Gasteiger partial charge in [-0.05, 0) is 49.9 Å². The van der Waals surface area contributed by atoms with E-state index in [1.54, 1.807) is 0 Å². The number of nitrogens with one attached hydrogen (secondary N) is 1. The summed E-state index contributed by atoms with van der Waals surface area (Å²) in [5.41, 5.74) is 1.40. The highest BCUT2D eigenvalue weighted by molar-refractivity contribution is 5.27. The highest BCUT2D eigenvalue weighted by Crippen LogP contribution is 2.14. The predicted octanol–water partition coefficient (Wildman–Crippen LogP) is 3.80. The van der Waals surface area contributed by atoms with Crippen LogP contribution >= 0.6 is 0 Å². The molecule has 0 saturated carbocycles. The van der Waals surface area contributed by atoms with E-state index in [1.165, 1.54) is 18.4 Å². The van der Waals surface area contributed by atoms with Crippen molar-refractivity contribution in [1.29, 1.82) is 0 Å². The molecule has 18 heavy (non-hydrogen) atoms. The maximum Gasteiger partial charge on any atom is 0.119 e. The molecule has 0 saturated heterocycles. The Labute approximate surface area is 112 Å². The van der Waals surface area contributed by atoms with Crippen LogP contribution in [0.15, 0.2) is 24.3 Å². The lowest BCUT2D eigenvalue weighted by Gasteiger charge is -2.15. The van der Waals surface area contributed by atoms with Gasteiger partial charge in [0.25, 0.3) is 0 Å². The van der Waals surface area contributed by atoms with Crippen molar-refractivity contribution in [2.45, 2.75) is 52.5 Å². The lowest BCUT2D eigenvalue weighted by atomic mass is 10.0. The summed E-state index contributed by atoms with van der Waals surface area (Å²) in [5, 5.41) is 3.52. The highest BCUT2D eigenvalue weighted by atomic mass is 16.5. The third kappa shape index (κ3) is 5.54. The van der Waals surface area contributed by atoms with Crippen LogP contribution in [0.5, 0.6) is 5.75 Å². The van der Waals surface area contributed by atoms with Crippen LogP contribution in [-0.2, 0) is 6.42 Å². The van der Waals surface area contributed by atoms with Crippen molar-refractivity contribution in [3.05, 3.63) is 29.8 Å². The first-order chi connectivity index (χ1) is 8.80. The molecule has 2 nitrogen and oxygen atoms in total. The fraction of sp³-hybridized carbons (Fsp3) is 0.625. The van der Waals surface area contributed by atoms with Crippen molar-refractivity contribution in [3.63, 3.8) is 0 Å². The first kappa shape index (κ1) is 15.0. The molecular formula is C16H27NO. The van der Waals surface area contributed by atoms with Gasteiger partial charge in [0.1, 0.15) is 5.75 Å². The van der Waals surface area contributed by atoms with Gasteiger partial charge in [-0.15, -0.1) is 0 Å². The van der Waals surface area contributed by atoms with E-state index in [1.807, 2.05) is 0 Å². The molecule has 1 unspecified atom stereocenters. The van der Waals surface area contributed by atoms with E-state index in [2.05, 4.69) is 50.4 Å². The van der Waals surface area contributed by atoms with Crippen LogP contribution in [0.3, 0.4) is 0 Å². The second-order valence-electron chi connectivity index (χ2n) is 4.69. The molecule has 0 fully saturated rings. The number of hydrogen-bond donors (Lipinski definition) is 1. The molecule has 2 heteroatoms. The van der Waals surface area contributed by atoms with Crippen LogP contribution in [0.4, 0.5) is 0 Å². The SMILES string of the molecule is CCCOc1ccc(CCC(CC)NCC)cc1. The minimum atomic E-state index is 0.644. The second kappa shape index (κ2) is 8.98. The maximum absolute atomic E-state index is 5.58. The van der Waals surface area contributed by atoms with Gasteiger partial charge in [-0.1, -0.05) is 32.9 Å². The summed E-state index contributed by atoms with van der Waals surface area (Å²) in [6.45, 7) is 8.40. The summed E-state index contributed by atoms with van der Waals surface area (Å²) in [7, 11) is 0. The largest absolute Gasteiger partial charge is 0.494 e. The highest BCUT2D eigenvalue weighted by Gasteiger charge is 2.04. The van der Waals surface area contributed by atoms with Crippen molar-refractivity contribution >= 4 is 0 Å². The molecule has 0 radical (unpaired) electrons. The average molecular weight is 249 g/mol. The fourth-order valence-corrected chi connectivity index (χ4v) is 2.05. The molecule has 0 aliphatic heterocycles. The summed E-state index contributed by atoms with van der Waals surface area (Å²) in [6.07, 6.45) is 4.60. The molecule has 0 spiro atoms. The van der Waals surface area contributed by atoms with Crippen LogP contribution in [-0.4, -0.2) is 19.2 Å². The maximum atomic E-state index is 5.58. The van der Waals surface area contributed by atoms with E-state index in [9.17, 15) is 0 Å². The molecule has 0 bridgehead atoms. The fourth-order valence-electron chi connectivity index (χ4n) is 2.05. The number of ether oxygens (including phenoxy) is 1. The van der Waals surface area contributed by atoms with E-state index in [-0.39, 0.29) is 0 Å². The molecule has 0 amide bonds. The molecule has 1 aromatic carbocycles. The first-order valence-corrected chi connectivity index (χ1v) is 7.25. The van der Waals surface area contributed by atoms with Crippen LogP contribution < -0.4 is 10.1 Å². The minimum Gasteiger partial charge on any atom is -0.494 e. The Morgan fingerprint density at radius 1 is 1.11 bits per heavy atom. The summed E-state index contributed by atoms with van der Waals surface area (Å²) < 4.78 is 5.58. The standard InChI is InChI=1S/C16H27NO/c1-4-13-18-16-11-8-14(9-12-16)7-10-15(5-2)17-6-3/h8-9,11-12,15,17H,4-7,10,13H2,1-3H3. The summed E-state index contributed by atoms with van der Waals surface area (Å²) in [4.78, 5) is 0. The van der Waals surface area contributed by atoms with Gasteiger partial charge in [0.2, 0.25) is 0 Å². The third-order valence-corrected chi connectivity index (χ3v) is 3.16. The Hall–Kier alpha value is -1.02. The molecule has 0 heterocycles. The van der Waals surface area contributed by atoms with Crippen molar-refractivity contribution in [2.75, 3.05) is 13.2 Å². The Morgan fingerprint density at radius 2 is 1.83 bits per heavy atom. The topological polar surface area (TPSA) is 21.3 Å². The Kier molecular flexibility index (Phi) is 7.51. The molecule has 0 aliphatic rings. The number of aryl methyl sites for hydroxylation is 1. The third-order valence-electron chi connectivity index (χ3n) is 3.16. The van der Waals surface area contributed by atoms with Crippen LogP contribution in [0.2, 0.25) is 0 Å². The van der Waals surface area contributed by atoms with Crippen molar-refractivity contribution in [1.82, 2.24) is 5.32 Å².